The Morgan fingerprint density at radius 2 is 1.87 bits per heavy atom. The number of rotatable bonds is 6. The molecule has 154 valence electrons. The lowest BCUT2D eigenvalue weighted by atomic mass is 10.1. The minimum absolute atomic E-state index is 0.200. The molecule has 3 aromatic rings. The number of hydrogen-bond donors (Lipinski definition) is 1. The zero-order valence-corrected chi connectivity index (χ0v) is 18.2. The number of ether oxygens (including phenoxy) is 1. The van der Waals surface area contributed by atoms with Crippen LogP contribution in [0.1, 0.15) is 32.7 Å². The smallest absolute Gasteiger partial charge is 0.337 e. The topological polar surface area (TPSA) is 80.6 Å². The molecule has 0 unspecified atom stereocenters. The highest BCUT2D eigenvalue weighted by atomic mass is 32.2. The summed E-state index contributed by atoms with van der Waals surface area (Å²) in [7, 11) is 1.34. The van der Waals surface area contributed by atoms with Crippen LogP contribution in [0.2, 0.25) is 0 Å². The summed E-state index contributed by atoms with van der Waals surface area (Å²) < 4.78 is 4.66. The average Bonchev–Trinajstić information content (AvgIpc) is 2.72. The second-order valence-corrected chi connectivity index (χ2v) is 7.95. The predicted octanol–water partition coefficient (Wildman–Crippen LogP) is 4.19. The third-order valence-corrected chi connectivity index (χ3v) is 5.49. The van der Waals surface area contributed by atoms with Crippen molar-refractivity contribution < 1.29 is 14.3 Å². The number of pyridine rings is 1. The fourth-order valence-electron chi connectivity index (χ4n) is 3.07. The summed E-state index contributed by atoms with van der Waals surface area (Å²) >= 11 is 1.47. The van der Waals surface area contributed by atoms with Crippen molar-refractivity contribution in [1.29, 1.82) is 0 Å². The number of methoxy groups -OCH3 is 1. The van der Waals surface area contributed by atoms with E-state index in [1.165, 1.54) is 30.6 Å². The first-order valence-corrected chi connectivity index (χ1v) is 10.4. The standard InChI is InChI=1S/C23H23N3O3S/c1-14-9-15(2)22-19(10-14)20(11-16(3)25-22)30-13-21(27)26-24-12-17-5-7-18(8-6-17)23(28)29-4/h5-12H,13H2,1-4H3,(H,26,27)/b24-12-. The number of hydrazone groups is 1. The van der Waals surface area contributed by atoms with Crippen LogP contribution >= 0.6 is 11.8 Å². The van der Waals surface area contributed by atoms with Crippen LogP contribution < -0.4 is 5.43 Å². The summed E-state index contributed by atoms with van der Waals surface area (Å²) in [4.78, 5) is 29.3. The maximum Gasteiger partial charge on any atom is 0.337 e. The highest BCUT2D eigenvalue weighted by Gasteiger charge is 2.10. The molecule has 3 rings (SSSR count). The number of carbonyl (C=O) groups excluding carboxylic acids is 2. The SMILES string of the molecule is COC(=O)c1ccc(/C=N\NC(=O)CSc2cc(C)nc3c(C)cc(C)cc23)cc1. The van der Waals surface area contributed by atoms with Gasteiger partial charge in [-0.15, -0.1) is 11.8 Å². The van der Waals surface area contributed by atoms with Crippen LogP contribution in [0.25, 0.3) is 10.9 Å². The van der Waals surface area contributed by atoms with Gasteiger partial charge in [-0.25, -0.2) is 10.2 Å². The molecule has 1 N–H and O–H groups in total. The lowest BCUT2D eigenvalue weighted by Gasteiger charge is -2.10. The van der Waals surface area contributed by atoms with Gasteiger partial charge in [0.05, 0.1) is 30.2 Å². The first-order chi connectivity index (χ1) is 14.4. The molecule has 7 heteroatoms. The number of esters is 1. The van der Waals surface area contributed by atoms with Crippen molar-refractivity contribution in [3.63, 3.8) is 0 Å². The first-order valence-electron chi connectivity index (χ1n) is 9.39. The van der Waals surface area contributed by atoms with Crippen LogP contribution in [-0.2, 0) is 9.53 Å². The van der Waals surface area contributed by atoms with Gasteiger partial charge in [-0.05, 0) is 56.2 Å². The van der Waals surface area contributed by atoms with Gasteiger partial charge in [0.2, 0.25) is 5.91 Å². The second kappa shape index (κ2) is 9.54. The Kier molecular flexibility index (Phi) is 6.84. The molecule has 0 aliphatic rings. The zero-order valence-electron chi connectivity index (χ0n) is 17.4. The number of nitrogens with zero attached hydrogens (tertiary/aromatic N) is 2. The van der Waals surface area contributed by atoms with Crippen LogP contribution in [0.5, 0.6) is 0 Å². The van der Waals surface area contributed by atoms with Crippen molar-refractivity contribution in [3.8, 4) is 0 Å². The van der Waals surface area contributed by atoms with E-state index in [-0.39, 0.29) is 11.7 Å². The van der Waals surface area contributed by atoms with Crippen LogP contribution in [0.15, 0.2) is 52.5 Å². The van der Waals surface area contributed by atoms with E-state index in [9.17, 15) is 9.59 Å². The van der Waals surface area contributed by atoms with E-state index in [2.05, 4.69) is 46.2 Å². The van der Waals surface area contributed by atoms with E-state index >= 15 is 0 Å². The third-order valence-electron chi connectivity index (χ3n) is 4.43. The van der Waals surface area contributed by atoms with Crippen LogP contribution in [-0.4, -0.2) is 35.9 Å². The van der Waals surface area contributed by atoms with Crippen molar-refractivity contribution >= 4 is 40.8 Å². The van der Waals surface area contributed by atoms with E-state index in [1.54, 1.807) is 24.3 Å². The van der Waals surface area contributed by atoms with Crippen molar-refractivity contribution in [2.45, 2.75) is 25.7 Å². The van der Waals surface area contributed by atoms with Gasteiger partial charge >= 0.3 is 5.97 Å². The van der Waals surface area contributed by atoms with Crippen LogP contribution in [0, 0.1) is 20.8 Å². The molecule has 0 fully saturated rings. The lowest BCUT2D eigenvalue weighted by Crippen LogP contribution is -2.19. The summed E-state index contributed by atoms with van der Waals surface area (Å²) in [6, 6.07) is 13.0. The Balaban J connectivity index is 1.62. The minimum Gasteiger partial charge on any atom is -0.465 e. The van der Waals surface area contributed by atoms with Gasteiger partial charge in [-0.3, -0.25) is 9.78 Å². The number of fused-ring (bicyclic) bond motifs is 1. The van der Waals surface area contributed by atoms with Crippen molar-refractivity contribution in [1.82, 2.24) is 10.4 Å². The molecule has 0 saturated heterocycles. The molecule has 0 bridgehead atoms. The predicted molar refractivity (Wildman–Crippen MR) is 120 cm³/mol. The van der Waals surface area contributed by atoms with Crippen molar-refractivity contribution in [3.05, 3.63) is 70.4 Å². The molecule has 2 aromatic carbocycles. The Labute approximate surface area is 179 Å². The number of thioether (sulfide) groups is 1. The summed E-state index contributed by atoms with van der Waals surface area (Å²) in [6.45, 7) is 6.06. The third kappa shape index (κ3) is 5.24. The molecule has 30 heavy (non-hydrogen) atoms. The molecule has 0 aliphatic carbocycles. The number of aryl methyl sites for hydroxylation is 3. The second-order valence-electron chi connectivity index (χ2n) is 6.94. The van der Waals surface area contributed by atoms with Crippen molar-refractivity contribution in [2.24, 2.45) is 5.10 Å². The van der Waals surface area contributed by atoms with Gasteiger partial charge in [0, 0.05) is 16.0 Å². The summed E-state index contributed by atoms with van der Waals surface area (Å²) in [5, 5.41) is 5.05. The summed E-state index contributed by atoms with van der Waals surface area (Å²) in [5.74, 6) is -0.355. The normalized spacial score (nSPS) is 11.1. The van der Waals surface area contributed by atoms with Gasteiger partial charge in [0.25, 0.3) is 0 Å². The molecule has 0 saturated carbocycles. The van der Waals surface area contributed by atoms with Gasteiger partial charge in [0.1, 0.15) is 0 Å². The summed E-state index contributed by atoms with van der Waals surface area (Å²) in [5.41, 5.74) is 7.94. The number of aromatic nitrogens is 1. The van der Waals surface area contributed by atoms with Crippen molar-refractivity contribution in [2.75, 3.05) is 12.9 Å². The molecule has 6 nitrogen and oxygen atoms in total. The van der Waals surface area contributed by atoms with Crippen LogP contribution in [0.3, 0.4) is 0 Å². The molecule has 1 amide bonds. The molecule has 0 spiro atoms. The largest absolute Gasteiger partial charge is 0.465 e. The Morgan fingerprint density at radius 1 is 1.13 bits per heavy atom. The minimum atomic E-state index is -0.395. The number of carbonyl (C=O) groups is 2. The molecular formula is C23H23N3O3S. The van der Waals surface area contributed by atoms with E-state index < -0.39 is 5.97 Å². The molecule has 0 aliphatic heterocycles. The number of benzene rings is 2. The van der Waals surface area contributed by atoms with E-state index in [0.717, 1.165) is 32.6 Å². The molecule has 0 radical (unpaired) electrons. The highest BCUT2D eigenvalue weighted by Crippen LogP contribution is 2.30. The highest BCUT2D eigenvalue weighted by molar-refractivity contribution is 8.00. The zero-order chi connectivity index (χ0) is 21.7. The Morgan fingerprint density at radius 3 is 2.57 bits per heavy atom. The first kappa shape index (κ1) is 21.5. The quantitative estimate of drug-likeness (QED) is 0.279. The maximum atomic E-state index is 12.2. The van der Waals surface area contributed by atoms with Crippen LogP contribution in [0.4, 0.5) is 0 Å². The Bertz CT molecular complexity index is 1120. The number of hydrogen-bond acceptors (Lipinski definition) is 6. The van der Waals surface area contributed by atoms with Gasteiger partial charge in [0.15, 0.2) is 0 Å². The maximum absolute atomic E-state index is 12.2. The van der Waals surface area contributed by atoms with Gasteiger partial charge in [-0.2, -0.15) is 5.10 Å². The fraction of sp³-hybridized carbons (Fsp3) is 0.217. The molecular weight excluding hydrogens is 398 g/mol. The van der Waals surface area contributed by atoms with Gasteiger partial charge < -0.3 is 4.74 Å². The number of nitrogens with one attached hydrogen (secondary N) is 1. The van der Waals surface area contributed by atoms with E-state index in [1.807, 2.05) is 13.0 Å². The van der Waals surface area contributed by atoms with E-state index in [0.29, 0.717) is 5.56 Å². The lowest BCUT2D eigenvalue weighted by molar-refractivity contribution is -0.118. The Hall–Kier alpha value is -3.19. The summed E-state index contributed by atoms with van der Waals surface area (Å²) in [6.07, 6.45) is 1.53. The molecule has 1 aromatic heterocycles. The van der Waals surface area contributed by atoms with Gasteiger partial charge in [-0.1, -0.05) is 23.8 Å². The number of amides is 1. The fourth-order valence-corrected chi connectivity index (χ4v) is 3.99. The molecule has 0 atom stereocenters. The molecule has 1 heterocycles. The monoisotopic (exact) mass is 421 g/mol. The van der Waals surface area contributed by atoms with E-state index in [4.69, 9.17) is 0 Å². The average molecular weight is 422 g/mol.